The Balaban J connectivity index is 1.60. The van der Waals surface area contributed by atoms with E-state index in [4.69, 9.17) is 9.40 Å². The molecular formula is C22H21N5O. The molecule has 1 aromatic carbocycles. The highest BCUT2D eigenvalue weighted by Gasteiger charge is 2.16. The Labute approximate surface area is 163 Å². The summed E-state index contributed by atoms with van der Waals surface area (Å²) in [7, 11) is 0. The maximum Gasteiger partial charge on any atom is 0.223 e. The zero-order valence-electron chi connectivity index (χ0n) is 15.9. The van der Waals surface area contributed by atoms with Crippen LogP contribution in [0.3, 0.4) is 0 Å². The van der Waals surface area contributed by atoms with E-state index in [-0.39, 0.29) is 0 Å². The summed E-state index contributed by atoms with van der Waals surface area (Å²) >= 11 is 0. The van der Waals surface area contributed by atoms with Crippen molar-refractivity contribution in [3.8, 4) is 22.5 Å². The lowest BCUT2D eigenvalue weighted by Crippen LogP contribution is -2.09. The minimum atomic E-state index is 0.580. The molecule has 4 aromatic rings. The van der Waals surface area contributed by atoms with Gasteiger partial charge in [-0.2, -0.15) is 0 Å². The van der Waals surface area contributed by atoms with Crippen LogP contribution in [0.4, 0.5) is 5.95 Å². The van der Waals surface area contributed by atoms with Crippen LogP contribution in [0.2, 0.25) is 0 Å². The van der Waals surface area contributed by atoms with Gasteiger partial charge in [-0.1, -0.05) is 29.8 Å². The Hall–Kier alpha value is -3.54. The molecule has 0 unspecified atom stereocenters. The van der Waals surface area contributed by atoms with Crippen molar-refractivity contribution >= 4 is 5.95 Å². The second-order valence-corrected chi connectivity index (χ2v) is 6.60. The zero-order valence-corrected chi connectivity index (χ0v) is 15.9. The molecule has 0 aliphatic carbocycles. The number of nitrogens with one attached hydrogen (secondary N) is 1. The number of nitrogens with zero attached hydrogens (tertiary/aromatic N) is 4. The molecule has 28 heavy (non-hydrogen) atoms. The molecular weight excluding hydrogens is 350 g/mol. The van der Waals surface area contributed by atoms with Gasteiger partial charge in [-0.15, -0.1) is 0 Å². The predicted molar refractivity (Wildman–Crippen MR) is 109 cm³/mol. The van der Waals surface area contributed by atoms with Crippen LogP contribution >= 0.6 is 0 Å². The second kappa shape index (κ2) is 8.00. The molecule has 0 bridgehead atoms. The average molecular weight is 371 g/mol. The number of hydrogen-bond acceptors (Lipinski definition) is 6. The highest BCUT2D eigenvalue weighted by atomic mass is 16.3. The fraction of sp³-hybridized carbons (Fsp3) is 0.182. The molecule has 140 valence electrons. The van der Waals surface area contributed by atoms with Gasteiger partial charge in [0.25, 0.3) is 0 Å². The van der Waals surface area contributed by atoms with E-state index in [1.165, 1.54) is 11.1 Å². The quantitative estimate of drug-likeness (QED) is 0.539. The Kier molecular flexibility index (Phi) is 5.10. The number of anilines is 1. The van der Waals surface area contributed by atoms with Crippen molar-refractivity contribution < 1.29 is 4.42 Å². The van der Waals surface area contributed by atoms with Crippen LogP contribution < -0.4 is 5.32 Å². The van der Waals surface area contributed by atoms with Crippen molar-refractivity contribution in [2.45, 2.75) is 20.3 Å². The van der Waals surface area contributed by atoms with Crippen LogP contribution in [-0.2, 0) is 6.42 Å². The zero-order chi connectivity index (χ0) is 19.3. The standard InChI is InChI=1S/C22H21N5O/c1-15-4-3-5-17(12-15)6-8-25-22-26-13-19(20-14-23-9-10-24-20)21(27-22)18-7-11-28-16(18)2/h3-5,7,9-14H,6,8H2,1-2H3,(H,25,26,27). The smallest absolute Gasteiger partial charge is 0.223 e. The van der Waals surface area contributed by atoms with Gasteiger partial charge in [0.15, 0.2) is 0 Å². The van der Waals surface area contributed by atoms with Gasteiger partial charge in [0.2, 0.25) is 5.95 Å². The Morgan fingerprint density at radius 1 is 1.00 bits per heavy atom. The van der Waals surface area contributed by atoms with E-state index in [2.05, 4.69) is 51.5 Å². The lowest BCUT2D eigenvalue weighted by Gasteiger charge is -2.11. The van der Waals surface area contributed by atoms with Crippen molar-refractivity contribution in [1.29, 1.82) is 0 Å². The summed E-state index contributed by atoms with van der Waals surface area (Å²) in [6.07, 6.45) is 9.37. The van der Waals surface area contributed by atoms with Gasteiger partial charge in [0.05, 0.1) is 23.8 Å². The normalized spacial score (nSPS) is 10.8. The van der Waals surface area contributed by atoms with Crippen LogP contribution in [0, 0.1) is 13.8 Å². The van der Waals surface area contributed by atoms with E-state index < -0.39 is 0 Å². The highest BCUT2D eigenvalue weighted by Crippen LogP contribution is 2.31. The first-order valence-corrected chi connectivity index (χ1v) is 9.18. The second-order valence-electron chi connectivity index (χ2n) is 6.60. The largest absolute Gasteiger partial charge is 0.469 e. The molecule has 3 aromatic heterocycles. The monoisotopic (exact) mass is 371 g/mol. The van der Waals surface area contributed by atoms with Crippen LogP contribution in [0.5, 0.6) is 0 Å². The molecule has 3 heterocycles. The van der Waals surface area contributed by atoms with E-state index in [0.29, 0.717) is 5.95 Å². The fourth-order valence-corrected chi connectivity index (χ4v) is 3.11. The van der Waals surface area contributed by atoms with Gasteiger partial charge in [-0.3, -0.25) is 9.97 Å². The SMILES string of the molecule is Cc1cccc(CCNc2ncc(-c3cnccn3)c(-c3ccoc3C)n2)c1. The summed E-state index contributed by atoms with van der Waals surface area (Å²) in [6.45, 7) is 4.77. The van der Waals surface area contributed by atoms with Gasteiger partial charge in [-0.25, -0.2) is 9.97 Å². The molecule has 0 aliphatic heterocycles. The summed E-state index contributed by atoms with van der Waals surface area (Å²) < 4.78 is 5.48. The molecule has 0 saturated heterocycles. The molecule has 0 radical (unpaired) electrons. The van der Waals surface area contributed by atoms with E-state index in [9.17, 15) is 0 Å². The van der Waals surface area contributed by atoms with Gasteiger partial charge >= 0.3 is 0 Å². The van der Waals surface area contributed by atoms with E-state index in [1.54, 1.807) is 31.1 Å². The maximum atomic E-state index is 5.48. The van der Waals surface area contributed by atoms with Crippen LogP contribution in [-0.4, -0.2) is 26.5 Å². The average Bonchev–Trinajstić information content (AvgIpc) is 3.14. The Morgan fingerprint density at radius 2 is 1.93 bits per heavy atom. The Morgan fingerprint density at radius 3 is 2.68 bits per heavy atom. The van der Waals surface area contributed by atoms with Crippen LogP contribution in [0.1, 0.15) is 16.9 Å². The van der Waals surface area contributed by atoms with Crippen molar-refractivity contribution in [1.82, 2.24) is 19.9 Å². The van der Waals surface area contributed by atoms with Gasteiger partial charge in [0.1, 0.15) is 5.76 Å². The molecule has 0 saturated carbocycles. The fourth-order valence-electron chi connectivity index (χ4n) is 3.11. The molecule has 0 atom stereocenters. The molecule has 4 rings (SSSR count). The summed E-state index contributed by atoms with van der Waals surface area (Å²) in [5.74, 6) is 1.38. The van der Waals surface area contributed by atoms with E-state index in [1.807, 2.05) is 13.0 Å². The lowest BCUT2D eigenvalue weighted by atomic mass is 10.1. The third kappa shape index (κ3) is 3.91. The number of rotatable bonds is 6. The molecule has 0 spiro atoms. The first-order valence-electron chi connectivity index (χ1n) is 9.18. The summed E-state index contributed by atoms with van der Waals surface area (Å²) in [4.78, 5) is 17.8. The number of benzene rings is 1. The van der Waals surface area contributed by atoms with Crippen LogP contribution in [0.15, 0.2) is 65.8 Å². The number of aromatic nitrogens is 4. The molecule has 0 amide bonds. The first kappa shape index (κ1) is 17.9. The maximum absolute atomic E-state index is 5.48. The minimum absolute atomic E-state index is 0.580. The minimum Gasteiger partial charge on any atom is -0.469 e. The van der Waals surface area contributed by atoms with Gasteiger partial charge in [0, 0.05) is 36.3 Å². The number of hydrogen-bond donors (Lipinski definition) is 1. The van der Waals surface area contributed by atoms with E-state index >= 15 is 0 Å². The van der Waals surface area contributed by atoms with Gasteiger partial charge in [-0.05, 0) is 31.9 Å². The Bertz CT molecular complexity index is 1080. The molecule has 0 aliphatic rings. The summed E-state index contributed by atoms with van der Waals surface area (Å²) in [5.41, 5.74) is 5.80. The topological polar surface area (TPSA) is 76.7 Å². The number of furan rings is 1. The molecule has 0 fully saturated rings. The van der Waals surface area contributed by atoms with Crippen molar-refractivity contribution in [2.75, 3.05) is 11.9 Å². The highest BCUT2D eigenvalue weighted by molar-refractivity contribution is 5.79. The summed E-state index contributed by atoms with van der Waals surface area (Å²) in [5, 5.41) is 3.32. The van der Waals surface area contributed by atoms with E-state index in [0.717, 1.165) is 41.2 Å². The van der Waals surface area contributed by atoms with Crippen molar-refractivity contribution in [3.05, 3.63) is 78.3 Å². The number of aryl methyl sites for hydroxylation is 2. The third-order valence-electron chi connectivity index (χ3n) is 4.52. The lowest BCUT2D eigenvalue weighted by molar-refractivity contribution is 0.535. The van der Waals surface area contributed by atoms with Crippen molar-refractivity contribution in [2.24, 2.45) is 0 Å². The molecule has 6 heteroatoms. The third-order valence-corrected chi connectivity index (χ3v) is 4.52. The van der Waals surface area contributed by atoms with Crippen LogP contribution in [0.25, 0.3) is 22.5 Å². The first-order chi connectivity index (χ1) is 13.7. The van der Waals surface area contributed by atoms with Crippen molar-refractivity contribution in [3.63, 3.8) is 0 Å². The predicted octanol–water partition coefficient (Wildman–Crippen LogP) is 4.47. The van der Waals surface area contributed by atoms with Gasteiger partial charge < -0.3 is 9.73 Å². The molecule has 1 N–H and O–H groups in total. The molecule has 6 nitrogen and oxygen atoms in total. The summed E-state index contributed by atoms with van der Waals surface area (Å²) in [6, 6.07) is 10.4.